The van der Waals surface area contributed by atoms with Gasteiger partial charge in [0.05, 0.1) is 5.41 Å². The van der Waals surface area contributed by atoms with E-state index in [9.17, 15) is 14.7 Å². The maximum absolute atomic E-state index is 12.1. The van der Waals surface area contributed by atoms with Crippen molar-refractivity contribution < 1.29 is 19.4 Å². The summed E-state index contributed by atoms with van der Waals surface area (Å²) in [6.45, 7) is 12.2. The molecule has 0 spiro atoms. The first kappa shape index (κ1) is 16.8. The Morgan fingerprint density at radius 2 is 1.90 bits per heavy atom. The van der Waals surface area contributed by atoms with Crippen LogP contribution < -0.4 is 0 Å². The Labute approximate surface area is 121 Å². The molecule has 0 radical (unpaired) electrons. The summed E-state index contributed by atoms with van der Waals surface area (Å²) in [7, 11) is 0. The number of carbonyl (C=O) groups is 2. The highest BCUT2D eigenvalue weighted by atomic mass is 16.6. The van der Waals surface area contributed by atoms with Gasteiger partial charge in [0.1, 0.15) is 5.60 Å². The highest BCUT2D eigenvalue weighted by Gasteiger charge is 2.47. The molecule has 1 aliphatic heterocycles. The molecule has 0 aromatic heterocycles. The lowest BCUT2D eigenvalue weighted by Crippen LogP contribution is -2.53. The van der Waals surface area contributed by atoms with Gasteiger partial charge in [-0.25, -0.2) is 4.79 Å². The monoisotopic (exact) mass is 285 g/mol. The number of ether oxygens (including phenoxy) is 1. The molecule has 1 heterocycles. The Morgan fingerprint density at radius 1 is 1.35 bits per heavy atom. The number of hydrogen-bond acceptors (Lipinski definition) is 3. The number of aliphatic carboxylic acids is 1. The minimum atomic E-state index is -0.778. The van der Waals surface area contributed by atoms with Crippen LogP contribution in [0.1, 0.15) is 48.0 Å². The lowest BCUT2D eigenvalue weighted by Gasteiger charge is -2.45. The van der Waals surface area contributed by atoms with Gasteiger partial charge < -0.3 is 14.7 Å². The molecule has 1 amide bonds. The van der Waals surface area contributed by atoms with E-state index in [0.717, 1.165) is 0 Å². The summed E-state index contributed by atoms with van der Waals surface area (Å²) in [5.74, 6) is -0.650. The van der Waals surface area contributed by atoms with Crippen LogP contribution in [0.2, 0.25) is 0 Å². The highest BCUT2D eigenvalue weighted by molar-refractivity contribution is 5.76. The van der Waals surface area contributed by atoms with Crippen molar-refractivity contribution in [3.8, 4) is 0 Å². The summed E-state index contributed by atoms with van der Waals surface area (Å²) >= 11 is 0. The number of piperidine rings is 1. The van der Waals surface area contributed by atoms with Crippen molar-refractivity contribution in [2.75, 3.05) is 13.1 Å². The van der Waals surface area contributed by atoms with Crippen LogP contribution in [0.15, 0.2) is 0 Å². The Morgan fingerprint density at radius 3 is 2.30 bits per heavy atom. The number of carbonyl (C=O) groups excluding carboxylic acids is 1. The summed E-state index contributed by atoms with van der Waals surface area (Å²) in [6, 6.07) is 0. The fraction of sp³-hybridized carbons (Fsp3) is 0.867. The first-order valence-corrected chi connectivity index (χ1v) is 7.18. The molecule has 116 valence electrons. The zero-order chi connectivity index (χ0) is 15.7. The summed E-state index contributed by atoms with van der Waals surface area (Å²) < 4.78 is 5.37. The summed E-state index contributed by atoms with van der Waals surface area (Å²) in [4.78, 5) is 25.3. The summed E-state index contributed by atoms with van der Waals surface area (Å²) in [5.41, 5.74) is -1.30. The van der Waals surface area contributed by atoms with Crippen LogP contribution in [-0.2, 0) is 9.53 Å². The number of nitrogens with zero attached hydrogens (tertiary/aromatic N) is 1. The minimum Gasteiger partial charge on any atom is -0.481 e. The van der Waals surface area contributed by atoms with Gasteiger partial charge in [-0.1, -0.05) is 13.8 Å². The number of rotatable bonds is 2. The Kier molecular flexibility index (Phi) is 4.72. The molecule has 2 unspecified atom stereocenters. The topological polar surface area (TPSA) is 66.8 Å². The lowest BCUT2D eigenvalue weighted by molar-refractivity contribution is -0.156. The van der Waals surface area contributed by atoms with E-state index in [1.807, 2.05) is 34.6 Å². The number of carboxylic acids is 1. The van der Waals surface area contributed by atoms with Crippen LogP contribution in [0.3, 0.4) is 0 Å². The number of carboxylic acid groups (broad SMARTS) is 1. The van der Waals surface area contributed by atoms with Gasteiger partial charge >= 0.3 is 12.1 Å². The average Bonchev–Trinajstić information content (AvgIpc) is 2.26. The van der Waals surface area contributed by atoms with Crippen molar-refractivity contribution in [1.29, 1.82) is 0 Å². The third-order valence-corrected chi connectivity index (χ3v) is 4.08. The zero-order valence-electron chi connectivity index (χ0n) is 13.4. The molecule has 20 heavy (non-hydrogen) atoms. The molecule has 0 aliphatic carbocycles. The predicted octanol–water partition coefficient (Wildman–Crippen LogP) is 2.99. The van der Waals surface area contributed by atoms with Gasteiger partial charge in [-0.15, -0.1) is 0 Å². The fourth-order valence-electron chi connectivity index (χ4n) is 2.79. The molecular weight excluding hydrogens is 258 g/mol. The smallest absolute Gasteiger partial charge is 0.410 e. The Bertz CT molecular complexity index is 386. The van der Waals surface area contributed by atoms with Crippen LogP contribution in [0, 0.1) is 17.3 Å². The maximum atomic E-state index is 12.1. The van der Waals surface area contributed by atoms with E-state index in [-0.39, 0.29) is 17.9 Å². The first-order chi connectivity index (χ1) is 8.97. The van der Waals surface area contributed by atoms with Crippen LogP contribution >= 0.6 is 0 Å². The van der Waals surface area contributed by atoms with E-state index in [1.165, 1.54) is 0 Å². The van der Waals surface area contributed by atoms with Crippen molar-refractivity contribution in [3.63, 3.8) is 0 Å². The molecule has 5 heteroatoms. The molecule has 1 N–H and O–H groups in total. The standard InChI is InChI=1S/C15H27NO4/c1-10(2)11-9-16(13(19)20-14(3,4)5)8-7-15(11,6)12(17)18/h10-11H,7-9H2,1-6H3,(H,17,18). The summed E-state index contributed by atoms with van der Waals surface area (Å²) in [6.07, 6.45) is 0.111. The third kappa shape index (κ3) is 3.64. The van der Waals surface area contributed by atoms with E-state index < -0.39 is 17.0 Å². The molecule has 0 saturated carbocycles. The second kappa shape index (κ2) is 5.62. The molecule has 1 fully saturated rings. The van der Waals surface area contributed by atoms with Gasteiger partial charge in [0.2, 0.25) is 0 Å². The molecular formula is C15H27NO4. The second-order valence-electron chi connectivity index (χ2n) is 7.25. The van der Waals surface area contributed by atoms with Crippen molar-refractivity contribution >= 4 is 12.1 Å². The largest absolute Gasteiger partial charge is 0.481 e. The quantitative estimate of drug-likeness (QED) is 0.847. The number of likely N-dealkylation sites (tertiary alicyclic amines) is 1. The van der Waals surface area contributed by atoms with Gasteiger partial charge in [-0.2, -0.15) is 0 Å². The van der Waals surface area contributed by atoms with Crippen molar-refractivity contribution in [2.45, 2.75) is 53.6 Å². The predicted molar refractivity (Wildman–Crippen MR) is 76.5 cm³/mol. The van der Waals surface area contributed by atoms with E-state index in [0.29, 0.717) is 19.5 Å². The molecule has 1 saturated heterocycles. The van der Waals surface area contributed by atoms with Gasteiger partial charge in [-0.05, 0) is 46.0 Å². The van der Waals surface area contributed by atoms with Crippen LogP contribution in [0.4, 0.5) is 4.79 Å². The summed E-state index contributed by atoms with van der Waals surface area (Å²) in [5, 5.41) is 9.49. The lowest BCUT2D eigenvalue weighted by atomic mass is 9.67. The molecule has 1 aliphatic rings. The normalized spacial score (nSPS) is 27.6. The zero-order valence-corrected chi connectivity index (χ0v) is 13.4. The molecule has 0 aromatic rings. The van der Waals surface area contributed by atoms with Crippen LogP contribution in [0.25, 0.3) is 0 Å². The van der Waals surface area contributed by atoms with E-state index in [1.54, 1.807) is 11.8 Å². The molecule has 0 aromatic carbocycles. The Hall–Kier alpha value is -1.26. The van der Waals surface area contributed by atoms with Gasteiger partial charge in [0, 0.05) is 13.1 Å². The SMILES string of the molecule is CC(C)C1CN(C(=O)OC(C)(C)C)CCC1(C)C(=O)O. The highest BCUT2D eigenvalue weighted by Crippen LogP contribution is 2.41. The van der Waals surface area contributed by atoms with Crippen molar-refractivity contribution in [2.24, 2.45) is 17.3 Å². The van der Waals surface area contributed by atoms with Crippen LogP contribution in [0.5, 0.6) is 0 Å². The van der Waals surface area contributed by atoms with Crippen molar-refractivity contribution in [3.05, 3.63) is 0 Å². The van der Waals surface area contributed by atoms with Gasteiger partial charge in [-0.3, -0.25) is 4.79 Å². The van der Waals surface area contributed by atoms with E-state index >= 15 is 0 Å². The maximum Gasteiger partial charge on any atom is 0.410 e. The molecule has 1 rings (SSSR count). The van der Waals surface area contributed by atoms with E-state index in [2.05, 4.69) is 0 Å². The molecule has 2 atom stereocenters. The van der Waals surface area contributed by atoms with Gasteiger partial charge in [0.25, 0.3) is 0 Å². The number of hydrogen-bond donors (Lipinski definition) is 1. The average molecular weight is 285 g/mol. The third-order valence-electron chi connectivity index (χ3n) is 4.08. The molecule has 0 bridgehead atoms. The van der Waals surface area contributed by atoms with Crippen molar-refractivity contribution in [1.82, 2.24) is 4.90 Å². The second-order valence-corrected chi connectivity index (χ2v) is 7.25. The first-order valence-electron chi connectivity index (χ1n) is 7.18. The number of amides is 1. The van der Waals surface area contributed by atoms with Crippen LogP contribution in [-0.4, -0.2) is 40.8 Å². The minimum absolute atomic E-state index is 0.0683. The van der Waals surface area contributed by atoms with Gasteiger partial charge in [0.15, 0.2) is 0 Å². The molecule has 5 nitrogen and oxygen atoms in total. The van der Waals surface area contributed by atoms with E-state index in [4.69, 9.17) is 4.74 Å². The Balaban J connectivity index is 2.84. The fourth-order valence-corrected chi connectivity index (χ4v) is 2.79.